The third-order valence-electron chi connectivity index (χ3n) is 3.49. The number of allylic oxidation sites excluding steroid dienone is 1. The molecule has 22 heavy (non-hydrogen) atoms. The summed E-state index contributed by atoms with van der Waals surface area (Å²) in [4.78, 5) is 12.3. The van der Waals surface area contributed by atoms with E-state index >= 15 is 0 Å². The number of carbonyl (C=O) groups excluding carboxylic acids is 1. The molecule has 0 unspecified atom stereocenters. The molecular formula is C16H10O6. The van der Waals surface area contributed by atoms with Crippen LogP contribution in [0.15, 0.2) is 36.1 Å². The van der Waals surface area contributed by atoms with E-state index in [9.17, 15) is 15.0 Å². The van der Waals surface area contributed by atoms with E-state index in [1.807, 2.05) is 0 Å². The first-order chi connectivity index (χ1) is 10.6. The van der Waals surface area contributed by atoms with Gasteiger partial charge in [0.05, 0.1) is 5.56 Å². The maximum Gasteiger partial charge on any atom is 0.232 e. The molecule has 0 aromatic heterocycles. The fourth-order valence-electron chi connectivity index (χ4n) is 2.38. The van der Waals surface area contributed by atoms with E-state index in [0.717, 1.165) is 0 Å². The van der Waals surface area contributed by atoms with Crippen molar-refractivity contribution in [1.29, 1.82) is 0 Å². The average molecular weight is 298 g/mol. The van der Waals surface area contributed by atoms with Gasteiger partial charge in [-0.3, -0.25) is 4.79 Å². The highest BCUT2D eigenvalue weighted by Gasteiger charge is 2.31. The normalized spacial score (nSPS) is 16.7. The summed E-state index contributed by atoms with van der Waals surface area (Å²) >= 11 is 0. The largest absolute Gasteiger partial charge is 0.504 e. The number of phenols is 2. The molecule has 2 N–H and O–H groups in total. The first kappa shape index (κ1) is 12.6. The predicted molar refractivity (Wildman–Crippen MR) is 75.3 cm³/mol. The zero-order valence-corrected chi connectivity index (χ0v) is 11.2. The lowest BCUT2D eigenvalue weighted by atomic mass is 10.1. The van der Waals surface area contributed by atoms with Crippen molar-refractivity contribution in [3.05, 3.63) is 47.2 Å². The molecule has 0 spiro atoms. The van der Waals surface area contributed by atoms with Gasteiger partial charge in [0.2, 0.25) is 18.3 Å². The lowest BCUT2D eigenvalue weighted by Gasteiger charge is -2.02. The number of ketones is 1. The second-order valence-corrected chi connectivity index (χ2v) is 4.86. The molecular weight excluding hydrogens is 288 g/mol. The number of benzene rings is 2. The molecule has 0 aliphatic carbocycles. The van der Waals surface area contributed by atoms with Gasteiger partial charge in [-0.25, -0.2) is 0 Å². The van der Waals surface area contributed by atoms with E-state index in [1.54, 1.807) is 24.3 Å². The van der Waals surface area contributed by atoms with Gasteiger partial charge in [0, 0.05) is 0 Å². The predicted octanol–water partition coefficient (Wildman–Crippen LogP) is 2.44. The fraction of sp³-hybridized carbons (Fsp3) is 0.0625. The molecule has 0 atom stereocenters. The summed E-state index contributed by atoms with van der Waals surface area (Å²) < 4.78 is 15.9. The minimum Gasteiger partial charge on any atom is -0.504 e. The van der Waals surface area contributed by atoms with Crippen molar-refractivity contribution < 1.29 is 29.2 Å². The maximum absolute atomic E-state index is 12.3. The molecule has 0 radical (unpaired) electrons. The first-order valence-electron chi connectivity index (χ1n) is 6.52. The highest BCUT2D eigenvalue weighted by Crippen LogP contribution is 2.44. The molecule has 2 aromatic rings. The molecule has 6 nitrogen and oxygen atoms in total. The SMILES string of the molecule is O=C1/C(=C\c2ccc3c(c2)OCO3)Oc2c1ccc(O)c2O. The van der Waals surface area contributed by atoms with Crippen molar-refractivity contribution in [2.75, 3.05) is 6.79 Å². The number of fused-ring (bicyclic) bond motifs is 2. The quantitative estimate of drug-likeness (QED) is 0.621. The van der Waals surface area contributed by atoms with Crippen LogP contribution >= 0.6 is 0 Å². The highest BCUT2D eigenvalue weighted by atomic mass is 16.7. The number of Topliss-reactive ketones (excluding diaryl/α,β-unsaturated/α-hetero) is 1. The molecule has 6 heteroatoms. The minimum atomic E-state index is -0.445. The van der Waals surface area contributed by atoms with Gasteiger partial charge < -0.3 is 24.4 Å². The van der Waals surface area contributed by atoms with Crippen LogP contribution in [0.3, 0.4) is 0 Å². The summed E-state index contributed by atoms with van der Waals surface area (Å²) in [5, 5.41) is 19.2. The Hall–Kier alpha value is -3.15. The summed E-state index contributed by atoms with van der Waals surface area (Å²) in [5.41, 5.74) is 0.909. The zero-order valence-electron chi connectivity index (χ0n) is 11.2. The topological polar surface area (TPSA) is 85.2 Å². The average Bonchev–Trinajstić information content (AvgIpc) is 3.09. The molecule has 0 bridgehead atoms. The molecule has 2 heterocycles. The van der Waals surface area contributed by atoms with Gasteiger partial charge in [-0.2, -0.15) is 0 Å². The third-order valence-corrected chi connectivity index (χ3v) is 3.49. The Bertz CT molecular complexity index is 837. The lowest BCUT2D eigenvalue weighted by molar-refractivity contribution is 0.101. The van der Waals surface area contributed by atoms with Crippen LogP contribution in [0.1, 0.15) is 15.9 Å². The van der Waals surface area contributed by atoms with Crippen LogP contribution in [0.5, 0.6) is 28.7 Å². The van der Waals surface area contributed by atoms with E-state index in [2.05, 4.69) is 0 Å². The summed E-state index contributed by atoms with van der Waals surface area (Å²) in [5.74, 6) is 0.134. The highest BCUT2D eigenvalue weighted by molar-refractivity contribution is 6.15. The van der Waals surface area contributed by atoms with Crippen LogP contribution in [0, 0.1) is 0 Å². The standard InChI is InChI=1S/C16H10O6/c17-10-3-2-9-14(18)13(22-16(9)15(10)19)6-8-1-4-11-12(5-8)21-7-20-11/h1-6,17,19H,7H2/b13-6+. The smallest absolute Gasteiger partial charge is 0.232 e. The van der Waals surface area contributed by atoms with Gasteiger partial charge in [0.15, 0.2) is 28.8 Å². The van der Waals surface area contributed by atoms with Crippen LogP contribution in [-0.4, -0.2) is 22.8 Å². The van der Waals surface area contributed by atoms with Crippen molar-refractivity contribution >= 4 is 11.9 Å². The van der Waals surface area contributed by atoms with Crippen molar-refractivity contribution in [3.63, 3.8) is 0 Å². The van der Waals surface area contributed by atoms with Gasteiger partial charge in [-0.1, -0.05) is 6.07 Å². The second kappa shape index (κ2) is 4.42. The molecule has 110 valence electrons. The van der Waals surface area contributed by atoms with Gasteiger partial charge in [-0.05, 0) is 35.9 Å². The molecule has 4 rings (SSSR count). The zero-order chi connectivity index (χ0) is 15.3. The Morgan fingerprint density at radius 1 is 1.05 bits per heavy atom. The summed E-state index contributed by atoms with van der Waals surface area (Å²) in [7, 11) is 0. The van der Waals surface area contributed by atoms with Crippen molar-refractivity contribution in [2.24, 2.45) is 0 Å². The molecule has 2 aromatic carbocycles. The monoisotopic (exact) mass is 298 g/mol. The number of carbonyl (C=O) groups is 1. The van der Waals surface area contributed by atoms with Crippen LogP contribution in [-0.2, 0) is 0 Å². The van der Waals surface area contributed by atoms with Gasteiger partial charge in [0.25, 0.3) is 0 Å². The Morgan fingerprint density at radius 2 is 1.86 bits per heavy atom. The molecule has 2 aliphatic heterocycles. The van der Waals surface area contributed by atoms with Crippen molar-refractivity contribution in [1.82, 2.24) is 0 Å². The molecule has 0 amide bonds. The number of aromatic hydroxyl groups is 2. The van der Waals surface area contributed by atoms with Crippen LogP contribution in [0.2, 0.25) is 0 Å². The Morgan fingerprint density at radius 3 is 2.73 bits per heavy atom. The van der Waals surface area contributed by atoms with E-state index in [-0.39, 0.29) is 35.4 Å². The maximum atomic E-state index is 12.3. The number of rotatable bonds is 1. The fourth-order valence-corrected chi connectivity index (χ4v) is 2.38. The Balaban J connectivity index is 1.73. The van der Waals surface area contributed by atoms with Crippen molar-refractivity contribution in [2.45, 2.75) is 0 Å². The second-order valence-electron chi connectivity index (χ2n) is 4.86. The van der Waals surface area contributed by atoms with Gasteiger partial charge in [0.1, 0.15) is 0 Å². The number of hydrogen-bond acceptors (Lipinski definition) is 6. The lowest BCUT2D eigenvalue weighted by Crippen LogP contribution is -1.97. The third kappa shape index (κ3) is 1.77. The van der Waals surface area contributed by atoms with E-state index < -0.39 is 5.75 Å². The molecule has 0 saturated heterocycles. The first-order valence-corrected chi connectivity index (χ1v) is 6.52. The van der Waals surface area contributed by atoms with Gasteiger partial charge >= 0.3 is 0 Å². The number of hydrogen-bond donors (Lipinski definition) is 2. The summed E-state index contributed by atoms with van der Waals surface area (Å²) in [6, 6.07) is 7.89. The molecule has 2 aliphatic rings. The van der Waals surface area contributed by atoms with E-state index in [1.165, 1.54) is 12.1 Å². The Labute approximate surface area is 124 Å². The van der Waals surface area contributed by atoms with E-state index in [4.69, 9.17) is 14.2 Å². The number of phenolic OH excluding ortho intramolecular Hbond substituents is 2. The summed E-state index contributed by atoms with van der Waals surface area (Å²) in [6.45, 7) is 0.170. The van der Waals surface area contributed by atoms with Crippen LogP contribution in [0.4, 0.5) is 0 Å². The van der Waals surface area contributed by atoms with Gasteiger partial charge in [-0.15, -0.1) is 0 Å². The Kier molecular flexibility index (Phi) is 2.53. The van der Waals surface area contributed by atoms with Crippen molar-refractivity contribution in [3.8, 4) is 28.7 Å². The summed E-state index contributed by atoms with van der Waals surface area (Å²) in [6.07, 6.45) is 1.54. The van der Waals surface area contributed by atoms with Crippen LogP contribution in [0.25, 0.3) is 6.08 Å². The minimum absolute atomic E-state index is 0.0306. The van der Waals surface area contributed by atoms with Crippen LogP contribution < -0.4 is 14.2 Å². The number of ether oxygens (including phenoxy) is 3. The molecule has 0 fully saturated rings. The molecule has 0 saturated carbocycles. The van der Waals surface area contributed by atoms with E-state index in [0.29, 0.717) is 17.1 Å².